The molecule has 1 aromatic carbocycles. The van der Waals surface area contributed by atoms with Gasteiger partial charge in [-0.15, -0.1) is 24.0 Å². The minimum Gasteiger partial charge on any atom is -0.493 e. The van der Waals surface area contributed by atoms with E-state index in [2.05, 4.69) is 37.8 Å². The van der Waals surface area contributed by atoms with Crippen molar-refractivity contribution in [2.24, 2.45) is 10.9 Å². The Labute approximate surface area is 206 Å². The molecule has 1 aliphatic carbocycles. The topological polar surface area (TPSA) is 76.4 Å². The van der Waals surface area contributed by atoms with Gasteiger partial charge in [-0.05, 0) is 56.4 Å². The lowest BCUT2D eigenvalue weighted by atomic mass is 10.2. The Morgan fingerprint density at radius 3 is 2.56 bits per heavy atom. The van der Waals surface area contributed by atoms with E-state index in [9.17, 15) is 0 Å². The summed E-state index contributed by atoms with van der Waals surface area (Å²) in [5.41, 5.74) is 4.25. The molecular formula is C24H31IN6O. The highest BCUT2D eigenvalue weighted by Gasteiger charge is 2.22. The molecule has 0 spiro atoms. The second-order valence-corrected chi connectivity index (χ2v) is 8.00. The van der Waals surface area contributed by atoms with Crippen LogP contribution in [0, 0.1) is 19.8 Å². The summed E-state index contributed by atoms with van der Waals surface area (Å²) in [5, 5.41) is 11.2. The van der Waals surface area contributed by atoms with Crippen LogP contribution < -0.4 is 15.4 Å². The molecule has 1 saturated carbocycles. The molecule has 3 aromatic rings. The van der Waals surface area contributed by atoms with Crippen molar-refractivity contribution in [1.29, 1.82) is 0 Å². The van der Waals surface area contributed by atoms with Gasteiger partial charge in [0.1, 0.15) is 5.75 Å². The van der Waals surface area contributed by atoms with Gasteiger partial charge in [0.05, 0.1) is 12.3 Å². The average molecular weight is 546 g/mol. The number of ether oxygens (including phenoxy) is 1. The summed E-state index contributed by atoms with van der Waals surface area (Å²) >= 11 is 0. The van der Waals surface area contributed by atoms with E-state index < -0.39 is 0 Å². The second-order valence-electron chi connectivity index (χ2n) is 8.00. The van der Waals surface area contributed by atoms with Gasteiger partial charge in [-0.25, -0.2) is 9.67 Å². The maximum absolute atomic E-state index is 6.00. The lowest BCUT2D eigenvalue weighted by Gasteiger charge is -2.15. The highest BCUT2D eigenvalue weighted by molar-refractivity contribution is 14.0. The predicted octanol–water partition coefficient (Wildman–Crippen LogP) is 4.16. The Morgan fingerprint density at radius 2 is 1.91 bits per heavy atom. The van der Waals surface area contributed by atoms with Crippen molar-refractivity contribution in [2.45, 2.75) is 39.8 Å². The molecule has 0 radical (unpaired) electrons. The van der Waals surface area contributed by atoms with Gasteiger partial charge in [-0.3, -0.25) is 4.99 Å². The van der Waals surface area contributed by atoms with Gasteiger partial charge in [0.25, 0.3) is 0 Å². The molecule has 1 fully saturated rings. The number of rotatable bonds is 8. The first-order valence-electron chi connectivity index (χ1n) is 10.8. The molecule has 2 N–H and O–H groups in total. The van der Waals surface area contributed by atoms with Crippen molar-refractivity contribution in [3.05, 3.63) is 71.2 Å². The Morgan fingerprint density at radius 1 is 1.12 bits per heavy atom. The van der Waals surface area contributed by atoms with Gasteiger partial charge >= 0.3 is 0 Å². The number of pyridine rings is 1. The largest absolute Gasteiger partial charge is 0.493 e. The third-order valence-electron chi connectivity index (χ3n) is 5.31. The molecule has 0 aliphatic heterocycles. The molecule has 4 rings (SSSR count). The molecule has 32 heavy (non-hydrogen) atoms. The van der Waals surface area contributed by atoms with Crippen LogP contribution in [0.5, 0.6) is 5.75 Å². The van der Waals surface area contributed by atoms with Crippen LogP contribution in [0.25, 0.3) is 5.82 Å². The van der Waals surface area contributed by atoms with Crippen LogP contribution in [-0.2, 0) is 13.1 Å². The fourth-order valence-electron chi connectivity index (χ4n) is 3.38. The van der Waals surface area contributed by atoms with Crippen LogP contribution in [0.1, 0.15) is 35.4 Å². The molecule has 2 aromatic heterocycles. The van der Waals surface area contributed by atoms with Gasteiger partial charge in [0.15, 0.2) is 11.8 Å². The third kappa shape index (κ3) is 6.44. The van der Waals surface area contributed by atoms with Gasteiger partial charge in [0, 0.05) is 37.6 Å². The SMILES string of the molecule is CN=C(NCc1ccc(-n2nc(C)cc2C)nc1)NCc1ccccc1OCC1CC1.I. The van der Waals surface area contributed by atoms with E-state index in [0.717, 1.165) is 52.6 Å². The zero-order chi connectivity index (χ0) is 21.6. The zero-order valence-electron chi connectivity index (χ0n) is 18.8. The Kier molecular flexibility index (Phi) is 8.49. The Balaban J connectivity index is 0.00000289. The summed E-state index contributed by atoms with van der Waals surface area (Å²) in [6.45, 7) is 6.10. The molecule has 7 nitrogen and oxygen atoms in total. The molecule has 1 aliphatic rings. The number of nitrogens with one attached hydrogen (secondary N) is 2. The van der Waals surface area contributed by atoms with Gasteiger partial charge in [-0.2, -0.15) is 5.10 Å². The van der Waals surface area contributed by atoms with Crippen LogP contribution in [0.4, 0.5) is 0 Å². The highest BCUT2D eigenvalue weighted by atomic mass is 127. The number of aromatic nitrogens is 3. The molecule has 0 amide bonds. The van der Waals surface area contributed by atoms with Crippen LogP contribution >= 0.6 is 24.0 Å². The molecule has 0 unspecified atom stereocenters. The maximum Gasteiger partial charge on any atom is 0.191 e. The molecular weight excluding hydrogens is 515 g/mol. The van der Waals surface area contributed by atoms with Crippen molar-refractivity contribution in [3.63, 3.8) is 0 Å². The van der Waals surface area contributed by atoms with E-state index in [-0.39, 0.29) is 24.0 Å². The summed E-state index contributed by atoms with van der Waals surface area (Å²) in [6, 6.07) is 14.3. The van der Waals surface area contributed by atoms with E-state index >= 15 is 0 Å². The first kappa shape index (κ1) is 24.0. The van der Waals surface area contributed by atoms with Crippen molar-refractivity contribution in [2.75, 3.05) is 13.7 Å². The van der Waals surface area contributed by atoms with E-state index in [0.29, 0.717) is 13.1 Å². The summed E-state index contributed by atoms with van der Waals surface area (Å²) in [7, 11) is 1.77. The number of nitrogens with zero attached hydrogens (tertiary/aromatic N) is 4. The van der Waals surface area contributed by atoms with Gasteiger partial charge in [0.2, 0.25) is 0 Å². The van der Waals surface area contributed by atoms with Gasteiger partial charge < -0.3 is 15.4 Å². The summed E-state index contributed by atoms with van der Waals surface area (Å²) in [6.07, 6.45) is 4.44. The number of hydrogen-bond acceptors (Lipinski definition) is 4. The van der Waals surface area contributed by atoms with Gasteiger partial charge in [-0.1, -0.05) is 24.3 Å². The molecule has 8 heteroatoms. The molecule has 170 valence electrons. The van der Waals surface area contributed by atoms with E-state index in [1.807, 2.05) is 55.1 Å². The minimum atomic E-state index is 0. The highest BCUT2D eigenvalue weighted by Crippen LogP contribution is 2.30. The van der Waals surface area contributed by atoms with Crippen LogP contribution in [0.2, 0.25) is 0 Å². The summed E-state index contributed by atoms with van der Waals surface area (Å²) < 4.78 is 7.86. The first-order valence-corrected chi connectivity index (χ1v) is 10.8. The number of aliphatic imine (C=N–C) groups is 1. The number of hydrogen-bond donors (Lipinski definition) is 2. The van der Waals surface area contributed by atoms with Crippen LogP contribution in [-0.4, -0.2) is 34.4 Å². The van der Waals surface area contributed by atoms with Crippen LogP contribution in [0.3, 0.4) is 0 Å². The van der Waals surface area contributed by atoms with Crippen molar-refractivity contribution >= 4 is 29.9 Å². The fraction of sp³-hybridized carbons (Fsp3) is 0.375. The lowest BCUT2D eigenvalue weighted by Crippen LogP contribution is -2.36. The van der Waals surface area contributed by atoms with E-state index in [4.69, 9.17) is 4.74 Å². The van der Waals surface area contributed by atoms with Crippen molar-refractivity contribution in [1.82, 2.24) is 25.4 Å². The number of para-hydroxylation sites is 1. The second kappa shape index (κ2) is 11.3. The molecule has 2 heterocycles. The van der Waals surface area contributed by atoms with E-state index in [1.165, 1.54) is 12.8 Å². The average Bonchev–Trinajstić information content (AvgIpc) is 3.55. The molecule has 0 saturated heterocycles. The first-order chi connectivity index (χ1) is 15.1. The Bertz CT molecular complexity index is 1040. The maximum atomic E-state index is 6.00. The summed E-state index contributed by atoms with van der Waals surface area (Å²) in [4.78, 5) is 8.89. The summed E-state index contributed by atoms with van der Waals surface area (Å²) in [5.74, 6) is 3.23. The predicted molar refractivity (Wildman–Crippen MR) is 138 cm³/mol. The fourth-order valence-corrected chi connectivity index (χ4v) is 3.38. The molecule has 0 atom stereocenters. The standard InChI is InChI=1S/C24H30N6O.HI/c1-17-12-18(2)30(29-17)23-11-10-20(13-26-23)14-27-24(25-3)28-15-21-6-4-5-7-22(21)31-16-19-8-9-19;/h4-7,10-13,19H,8-9,14-16H2,1-3H3,(H2,25,27,28);1H. The normalized spacial score (nSPS) is 13.4. The monoisotopic (exact) mass is 546 g/mol. The Hall–Kier alpha value is -2.62. The number of benzene rings is 1. The lowest BCUT2D eigenvalue weighted by molar-refractivity contribution is 0.296. The number of halogens is 1. The van der Waals surface area contributed by atoms with Crippen molar-refractivity contribution in [3.8, 4) is 11.6 Å². The minimum absolute atomic E-state index is 0. The smallest absolute Gasteiger partial charge is 0.191 e. The molecule has 0 bridgehead atoms. The number of guanidine groups is 1. The van der Waals surface area contributed by atoms with Crippen LogP contribution in [0.15, 0.2) is 53.7 Å². The zero-order valence-corrected chi connectivity index (χ0v) is 21.2. The quantitative estimate of drug-likeness (QED) is 0.252. The third-order valence-corrected chi connectivity index (χ3v) is 5.31. The van der Waals surface area contributed by atoms with Crippen molar-refractivity contribution < 1.29 is 4.74 Å². The van der Waals surface area contributed by atoms with E-state index in [1.54, 1.807) is 7.05 Å². The number of aryl methyl sites for hydroxylation is 2.